The number of nitrogens with one attached hydrogen (secondary N) is 1. The highest BCUT2D eigenvalue weighted by atomic mass is 35.5. The van der Waals surface area contributed by atoms with Crippen molar-refractivity contribution in [3.8, 4) is 6.19 Å². The Labute approximate surface area is 102 Å². The Morgan fingerprint density at radius 1 is 1.50 bits per heavy atom. The fourth-order valence-corrected chi connectivity index (χ4v) is 1.43. The van der Waals surface area contributed by atoms with Crippen molar-refractivity contribution >= 4 is 39.5 Å². The molecule has 1 aromatic rings. The maximum Gasteiger partial charge on any atom is 0.252 e. The number of benzene rings is 1. The van der Waals surface area contributed by atoms with E-state index in [1.54, 1.807) is 36.7 Å². The number of carbonyl (C=O) groups excluding carboxylic acids is 1. The van der Waals surface area contributed by atoms with Gasteiger partial charge in [-0.2, -0.15) is 5.26 Å². The summed E-state index contributed by atoms with van der Waals surface area (Å²) in [5.41, 5.74) is 1.06. The third kappa shape index (κ3) is 3.57. The fraction of sp³-hybridized carbons (Fsp3) is 0.100. The number of nitrogens with zero attached hydrogens (tertiary/aromatic N) is 2. The van der Waals surface area contributed by atoms with Gasteiger partial charge in [0.25, 0.3) is 5.24 Å². The standard InChI is InChI=1S/C10H8ClN3OS/c1-16-10(13-6-12)14-8-4-2-7(3-5-8)9(11)15/h2-5H,1H3,(H,13,14). The predicted octanol–water partition coefficient (Wildman–Crippen LogP) is 2.49. The van der Waals surface area contributed by atoms with Crippen LogP contribution in [0, 0.1) is 11.5 Å². The minimum Gasteiger partial charge on any atom is -0.276 e. The molecular formula is C10H8ClN3OS. The average molecular weight is 254 g/mol. The summed E-state index contributed by atoms with van der Waals surface area (Å²) in [4.78, 5) is 15.0. The van der Waals surface area contributed by atoms with Crippen molar-refractivity contribution in [3.63, 3.8) is 0 Å². The van der Waals surface area contributed by atoms with Gasteiger partial charge >= 0.3 is 0 Å². The predicted molar refractivity (Wildman–Crippen MR) is 66.0 cm³/mol. The van der Waals surface area contributed by atoms with E-state index in [9.17, 15) is 4.79 Å². The summed E-state index contributed by atoms with van der Waals surface area (Å²) in [5, 5.41) is 10.9. The Morgan fingerprint density at radius 2 is 2.12 bits per heavy atom. The third-order valence-electron chi connectivity index (χ3n) is 1.68. The number of nitriles is 1. The summed E-state index contributed by atoms with van der Waals surface area (Å²) < 4.78 is 0. The highest BCUT2D eigenvalue weighted by Crippen LogP contribution is 2.15. The normalized spacial score (nSPS) is 10.7. The monoisotopic (exact) mass is 253 g/mol. The van der Waals surface area contributed by atoms with Gasteiger partial charge in [0.15, 0.2) is 11.4 Å². The van der Waals surface area contributed by atoms with E-state index in [1.807, 2.05) is 0 Å². The molecule has 0 aliphatic heterocycles. The van der Waals surface area contributed by atoms with Crippen LogP contribution in [0.25, 0.3) is 0 Å². The van der Waals surface area contributed by atoms with Crippen LogP contribution in [-0.4, -0.2) is 16.7 Å². The molecule has 0 saturated heterocycles. The lowest BCUT2D eigenvalue weighted by Gasteiger charge is -2.00. The van der Waals surface area contributed by atoms with Gasteiger partial charge in [-0.05, 0) is 42.1 Å². The number of aliphatic imine (C=N–C) groups is 1. The van der Waals surface area contributed by atoms with E-state index >= 15 is 0 Å². The van der Waals surface area contributed by atoms with Crippen molar-refractivity contribution < 1.29 is 4.79 Å². The van der Waals surface area contributed by atoms with Gasteiger partial charge in [0, 0.05) is 5.56 Å². The molecule has 0 spiro atoms. The van der Waals surface area contributed by atoms with Crippen LogP contribution >= 0.6 is 23.4 Å². The summed E-state index contributed by atoms with van der Waals surface area (Å²) in [6, 6.07) is 6.48. The molecule has 0 bridgehead atoms. The topological polar surface area (TPSA) is 65.2 Å². The van der Waals surface area contributed by atoms with Crippen LogP contribution in [0.1, 0.15) is 10.4 Å². The van der Waals surface area contributed by atoms with E-state index in [1.165, 1.54) is 11.8 Å². The molecule has 82 valence electrons. The van der Waals surface area contributed by atoms with Crippen molar-refractivity contribution in [2.45, 2.75) is 0 Å². The minimum absolute atomic E-state index is 0.416. The zero-order chi connectivity index (χ0) is 12.0. The number of hydrogen-bond acceptors (Lipinski definition) is 4. The third-order valence-corrected chi connectivity index (χ3v) is 2.48. The van der Waals surface area contributed by atoms with Gasteiger partial charge in [-0.3, -0.25) is 10.1 Å². The van der Waals surface area contributed by atoms with E-state index in [4.69, 9.17) is 16.9 Å². The number of rotatable bonds is 2. The van der Waals surface area contributed by atoms with Gasteiger partial charge in [0.2, 0.25) is 0 Å². The molecule has 0 aromatic heterocycles. The molecule has 6 heteroatoms. The SMILES string of the molecule is CSC(=Nc1ccc(C(=O)Cl)cc1)NC#N. The second-order valence-corrected chi connectivity index (χ2v) is 3.82. The van der Waals surface area contributed by atoms with E-state index in [0.717, 1.165) is 0 Å². The molecule has 1 N–H and O–H groups in total. The van der Waals surface area contributed by atoms with Crippen LogP contribution in [0.3, 0.4) is 0 Å². The number of thioether (sulfide) groups is 1. The molecule has 0 radical (unpaired) electrons. The highest BCUT2D eigenvalue weighted by molar-refractivity contribution is 8.13. The van der Waals surface area contributed by atoms with Gasteiger partial charge in [0.1, 0.15) is 0 Å². The van der Waals surface area contributed by atoms with Crippen LogP contribution in [0.5, 0.6) is 0 Å². The zero-order valence-electron chi connectivity index (χ0n) is 8.40. The first kappa shape index (κ1) is 12.6. The first-order chi connectivity index (χ1) is 7.67. The molecule has 0 atom stereocenters. The van der Waals surface area contributed by atoms with E-state index < -0.39 is 5.24 Å². The molecule has 0 aliphatic carbocycles. The molecular weight excluding hydrogens is 246 g/mol. The molecule has 0 amide bonds. The van der Waals surface area contributed by atoms with E-state index in [-0.39, 0.29) is 0 Å². The van der Waals surface area contributed by atoms with Crippen LogP contribution in [-0.2, 0) is 0 Å². The number of carbonyl (C=O) groups is 1. The van der Waals surface area contributed by atoms with Crippen molar-refractivity contribution in [1.29, 1.82) is 5.26 Å². The summed E-state index contributed by atoms with van der Waals surface area (Å²) in [6.45, 7) is 0. The Balaban J connectivity index is 2.90. The molecule has 0 aliphatic rings. The van der Waals surface area contributed by atoms with Crippen molar-refractivity contribution in [3.05, 3.63) is 29.8 Å². The number of amidine groups is 1. The van der Waals surface area contributed by atoms with Gasteiger partial charge in [0.05, 0.1) is 5.69 Å². The fourth-order valence-electron chi connectivity index (χ4n) is 0.957. The maximum absolute atomic E-state index is 10.8. The van der Waals surface area contributed by atoms with Gasteiger partial charge in [-0.15, -0.1) is 0 Å². The molecule has 0 heterocycles. The smallest absolute Gasteiger partial charge is 0.252 e. The van der Waals surface area contributed by atoms with Gasteiger partial charge in [-0.1, -0.05) is 11.8 Å². The van der Waals surface area contributed by atoms with Gasteiger partial charge < -0.3 is 0 Å². The Morgan fingerprint density at radius 3 is 2.56 bits per heavy atom. The van der Waals surface area contributed by atoms with Crippen LogP contribution < -0.4 is 5.32 Å². The molecule has 4 nitrogen and oxygen atoms in total. The van der Waals surface area contributed by atoms with Crippen LogP contribution in [0.15, 0.2) is 29.3 Å². The molecule has 0 fully saturated rings. The molecule has 16 heavy (non-hydrogen) atoms. The van der Waals surface area contributed by atoms with Crippen LogP contribution in [0.2, 0.25) is 0 Å². The second-order valence-electron chi connectivity index (χ2n) is 2.68. The molecule has 1 aromatic carbocycles. The Bertz CT molecular complexity index is 450. The Kier molecular flexibility index (Phi) is 4.83. The quantitative estimate of drug-likeness (QED) is 0.289. The Hall–Kier alpha value is -1.51. The zero-order valence-corrected chi connectivity index (χ0v) is 9.97. The van der Waals surface area contributed by atoms with Crippen molar-refractivity contribution in [1.82, 2.24) is 5.32 Å². The van der Waals surface area contributed by atoms with Gasteiger partial charge in [-0.25, -0.2) is 4.99 Å². The second kappa shape index (κ2) is 6.16. The van der Waals surface area contributed by atoms with E-state index in [2.05, 4.69) is 10.3 Å². The number of halogens is 1. The highest BCUT2D eigenvalue weighted by Gasteiger charge is 2.01. The lowest BCUT2D eigenvalue weighted by molar-refractivity contribution is 0.108. The summed E-state index contributed by atoms with van der Waals surface area (Å²) >= 11 is 6.63. The lowest BCUT2D eigenvalue weighted by atomic mass is 10.2. The van der Waals surface area contributed by atoms with Crippen LogP contribution in [0.4, 0.5) is 5.69 Å². The number of hydrogen-bond donors (Lipinski definition) is 1. The summed E-state index contributed by atoms with van der Waals surface area (Å²) in [7, 11) is 0. The maximum atomic E-state index is 10.8. The van der Waals surface area contributed by atoms with Crippen molar-refractivity contribution in [2.24, 2.45) is 4.99 Å². The molecule has 0 unspecified atom stereocenters. The largest absolute Gasteiger partial charge is 0.276 e. The summed E-state index contributed by atoms with van der Waals surface area (Å²) in [6.07, 6.45) is 3.60. The summed E-state index contributed by atoms with van der Waals surface area (Å²) in [5.74, 6) is 0. The van der Waals surface area contributed by atoms with E-state index in [0.29, 0.717) is 16.4 Å². The average Bonchev–Trinajstić information content (AvgIpc) is 2.29. The molecule has 0 saturated carbocycles. The minimum atomic E-state index is -0.504. The van der Waals surface area contributed by atoms with Crippen molar-refractivity contribution in [2.75, 3.05) is 6.26 Å². The molecule has 1 rings (SSSR count). The lowest BCUT2D eigenvalue weighted by Crippen LogP contribution is -2.12. The first-order valence-electron chi connectivity index (χ1n) is 4.25. The first-order valence-corrected chi connectivity index (χ1v) is 5.85.